The summed E-state index contributed by atoms with van der Waals surface area (Å²) < 4.78 is 25.1. The van der Waals surface area contributed by atoms with Crippen LogP contribution in [0.5, 0.6) is 17.2 Å². The summed E-state index contributed by atoms with van der Waals surface area (Å²) in [5.41, 5.74) is 0.959. The van der Waals surface area contributed by atoms with Gasteiger partial charge in [-0.2, -0.15) is 0 Å². The molecule has 0 radical (unpaired) electrons. The van der Waals surface area contributed by atoms with Crippen LogP contribution >= 0.6 is 11.3 Å². The van der Waals surface area contributed by atoms with Gasteiger partial charge in [-0.1, -0.05) is 29.5 Å². The van der Waals surface area contributed by atoms with Crippen LogP contribution in [-0.4, -0.2) is 40.6 Å². The first kappa shape index (κ1) is 24.3. The highest BCUT2D eigenvalue weighted by Crippen LogP contribution is 2.46. The van der Waals surface area contributed by atoms with E-state index in [2.05, 4.69) is 4.98 Å². The molecule has 188 valence electrons. The Morgan fingerprint density at radius 1 is 1.14 bits per heavy atom. The number of aromatic hydroxyl groups is 1. The predicted octanol–water partition coefficient (Wildman–Crippen LogP) is 5.17. The average molecular weight is 521 g/mol. The summed E-state index contributed by atoms with van der Waals surface area (Å²) in [5, 5.41) is 21.7. The number of Topliss-reactive ketones (excluding diaryl/α,β-unsaturated/α-hetero) is 1. The van der Waals surface area contributed by atoms with Crippen molar-refractivity contribution in [2.45, 2.75) is 13.0 Å². The average Bonchev–Trinajstić information content (AvgIpc) is 3.42. The first-order valence-corrected chi connectivity index (χ1v) is 12.1. The van der Waals surface area contributed by atoms with Crippen LogP contribution in [0.25, 0.3) is 16.0 Å². The van der Waals surface area contributed by atoms with Gasteiger partial charge in [0.2, 0.25) is 0 Å². The van der Waals surface area contributed by atoms with Crippen molar-refractivity contribution >= 4 is 44.1 Å². The Bertz CT molecular complexity index is 1580. The lowest BCUT2D eigenvalue weighted by atomic mass is 9.95. The molecule has 1 aromatic heterocycles. The Morgan fingerprint density at radius 2 is 1.95 bits per heavy atom. The number of ketones is 1. The summed E-state index contributed by atoms with van der Waals surface area (Å²) in [4.78, 5) is 32.4. The normalized spacial score (nSPS) is 16.9. The lowest BCUT2D eigenvalue weighted by Crippen LogP contribution is -2.29. The number of anilines is 1. The lowest BCUT2D eigenvalue weighted by molar-refractivity contribution is -0.132. The van der Waals surface area contributed by atoms with Crippen molar-refractivity contribution in [1.82, 2.24) is 4.98 Å². The van der Waals surface area contributed by atoms with E-state index in [1.54, 1.807) is 31.2 Å². The molecule has 2 heterocycles. The Labute approximate surface area is 214 Å². The van der Waals surface area contributed by atoms with Crippen molar-refractivity contribution in [1.29, 1.82) is 0 Å². The number of hydrogen-bond acceptors (Lipinski definition) is 8. The van der Waals surface area contributed by atoms with Crippen LogP contribution in [0.15, 0.2) is 66.2 Å². The zero-order valence-electron chi connectivity index (χ0n) is 19.8. The van der Waals surface area contributed by atoms with E-state index in [9.17, 15) is 24.2 Å². The summed E-state index contributed by atoms with van der Waals surface area (Å²) in [6.45, 7) is 2.02. The summed E-state index contributed by atoms with van der Waals surface area (Å²) in [7, 11) is 1.47. The fourth-order valence-corrected chi connectivity index (χ4v) is 5.25. The third-order valence-corrected chi connectivity index (χ3v) is 6.95. The molecular formula is C27H21FN2O6S. The maximum absolute atomic E-state index is 13.8. The number of ether oxygens (including phenoxy) is 2. The minimum Gasteiger partial charge on any atom is -0.507 e. The molecule has 4 aromatic rings. The van der Waals surface area contributed by atoms with E-state index in [1.807, 2.05) is 0 Å². The third kappa shape index (κ3) is 4.25. The SMILES string of the molecule is CCOc1cc(C2/C(=C(\O)c3cccc(OC)c3)C(=O)C(=O)N2c2nc3ccc(F)cc3s2)ccc1O. The quantitative estimate of drug-likeness (QED) is 0.205. The molecule has 3 aromatic carbocycles. The molecule has 0 spiro atoms. The third-order valence-electron chi connectivity index (χ3n) is 5.93. The number of halogens is 1. The number of amides is 1. The zero-order valence-corrected chi connectivity index (χ0v) is 20.6. The summed E-state index contributed by atoms with van der Waals surface area (Å²) in [6.07, 6.45) is 0. The monoisotopic (exact) mass is 520 g/mol. The molecule has 2 N–H and O–H groups in total. The maximum Gasteiger partial charge on any atom is 0.301 e. The topological polar surface area (TPSA) is 109 Å². The van der Waals surface area contributed by atoms with E-state index < -0.39 is 29.3 Å². The van der Waals surface area contributed by atoms with E-state index in [4.69, 9.17) is 9.47 Å². The van der Waals surface area contributed by atoms with Gasteiger partial charge in [0.1, 0.15) is 17.3 Å². The number of phenols is 1. The number of nitrogens with zero attached hydrogens (tertiary/aromatic N) is 2. The minimum atomic E-state index is -1.10. The number of aliphatic hydroxyl groups is 1. The molecule has 0 saturated carbocycles. The number of aliphatic hydroxyl groups excluding tert-OH is 1. The molecule has 1 aliphatic heterocycles. The molecule has 1 fully saturated rings. The first-order chi connectivity index (χ1) is 17.8. The van der Waals surface area contributed by atoms with Crippen molar-refractivity contribution in [2.75, 3.05) is 18.6 Å². The van der Waals surface area contributed by atoms with Crippen molar-refractivity contribution in [3.05, 3.63) is 83.2 Å². The number of carbonyl (C=O) groups is 2. The van der Waals surface area contributed by atoms with Crippen molar-refractivity contribution in [3.8, 4) is 17.2 Å². The highest BCUT2D eigenvalue weighted by atomic mass is 32.1. The number of phenolic OH excluding ortho intramolecular Hbond substituents is 1. The number of rotatable bonds is 6. The standard InChI is InChI=1S/C27H21FN2O6S/c1-3-36-20-12-14(7-10-19(20)31)23-22(24(32)15-5-4-6-17(11-15)35-2)25(33)26(34)30(23)27-29-18-9-8-16(28)13-21(18)37-27/h4-13,23,31-32H,3H2,1-2H3/b24-22+. The molecule has 8 nitrogen and oxygen atoms in total. The highest BCUT2D eigenvalue weighted by Gasteiger charge is 2.48. The number of thiazole rings is 1. The fourth-order valence-electron chi connectivity index (χ4n) is 4.23. The van der Waals surface area contributed by atoms with Gasteiger partial charge in [-0.15, -0.1) is 0 Å². The molecule has 1 amide bonds. The van der Waals surface area contributed by atoms with Gasteiger partial charge >= 0.3 is 5.91 Å². The highest BCUT2D eigenvalue weighted by molar-refractivity contribution is 7.22. The Hall–Kier alpha value is -4.44. The van der Waals surface area contributed by atoms with Gasteiger partial charge in [0.25, 0.3) is 5.78 Å². The van der Waals surface area contributed by atoms with Gasteiger partial charge in [-0.3, -0.25) is 14.5 Å². The second-order valence-corrected chi connectivity index (χ2v) is 9.18. The van der Waals surface area contributed by atoms with Crippen LogP contribution in [0.4, 0.5) is 9.52 Å². The molecular weight excluding hydrogens is 499 g/mol. The van der Waals surface area contributed by atoms with Gasteiger partial charge in [0.15, 0.2) is 16.6 Å². The number of hydrogen-bond donors (Lipinski definition) is 2. The summed E-state index contributed by atoms with van der Waals surface area (Å²) >= 11 is 1.04. The molecule has 1 atom stereocenters. The van der Waals surface area contributed by atoms with E-state index in [0.29, 0.717) is 21.5 Å². The van der Waals surface area contributed by atoms with Crippen molar-refractivity contribution in [2.24, 2.45) is 0 Å². The summed E-state index contributed by atoms with van der Waals surface area (Å²) in [5.74, 6) is -2.19. The van der Waals surface area contributed by atoms with Crippen LogP contribution in [0.1, 0.15) is 24.1 Å². The van der Waals surface area contributed by atoms with Crippen LogP contribution in [-0.2, 0) is 9.59 Å². The molecule has 1 aliphatic rings. The molecule has 0 aliphatic carbocycles. The Morgan fingerprint density at radius 3 is 2.70 bits per heavy atom. The molecule has 1 saturated heterocycles. The zero-order chi connectivity index (χ0) is 26.3. The number of benzene rings is 3. The van der Waals surface area contributed by atoms with Gasteiger partial charge < -0.3 is 19.7 Å². The number of fused-ring (bicyclic) bond motifs is 1. The van der Waals surface area contributed by atoms with Crippen LogP contribution in [0.2, 0.25) is 0 Å². The number of carbonyl (C=O) groups excluding carboxylic acids is 2. The van der Waals surface area contributed by atoms with Gasteiger partial charge in [0.05, 0.1) is 35.5 Å². The maximum atomic E-state index is 13.8. The van der Waals surface area contributed by atoms with Crippen LogP contribution < -0.4 is 14.4 Å². The molecule has 37 heavy (non-hydrogen) atoms. The van der Waals surface area contributed by atoms with E-state index in [0.717, 1.165) is 11.3 Å². The van der Waals surface area contributed by atoms with Crippen molar-refractivity contribution in [3.63, 3.8) is 0 Å². The van der Waals surface area contributed by atoms with E-state index >= 15 is 0 Å². The second kappa shape index (κ2) is 9.55. The smallest absolute Gasteiger partial charge is 0.301 e. The second-order valence-electron chi connectivity index (χ2n) is 8.17. The Balaban J connectivity index is 1.74. The summed E-state index contributed by atoms with van der Waals surface area (Å²) in [6, 6.07) is 13.8. The molecule has 1 unspecified atom stereocenters. The van der Waals surface area contributed by atoms with Crippen molar-refractivity contribution < 1.29 is 33.7 Å². The Kier molecular flexibility index (Phi) is 6.26. The first-order valence-electron chi connectivity index (χ1n) is 11.3. The molecule has 5 rings (SSSR count). The lowest BCUT2D eigenvalue weighted by Gasteiger charge is -2.23. The van der Waals surface area contributed by atoms with E-state index in [1.165, 1.54) is 48.4 Å². The number of methoxy groups -OCH3 is 1. The molecule has 10 heteroatoms. The number of aromatic nitrogens is 1. The molecule has 0 bridgehead atoms. The largest absolute Gasteiger partial charge is 0.507 e. The van der Waals surface area contributed by atoms with Gasteiger partial charge in [-0.05, 0) is 55.0 Å². The van der Waals surface area contributed by atoms with E-state index in [-0.39, 0.29) is 34.4 Å². The van der Waals surface area contributed by atoms with Gasteiger partial charge in [-0.25, -0.2) is 9.37 Å². The van der Waals surface area contributed by atoms with Crippen LogP contribution in [0, 0.1) is 5.82 Å². The fraction of sp³-hybridized carbons (Fsp3) is 0.148. The predicted molar refractivity (Wildman–Crippen MR) is 137 cm³/mol. The van der Waals surface area contributed by atoms with Crippen LogP contribution in [0.3, 0.4) is 0 Å². The minimum absolute atomic E-state index is 0.120. The van der Waals surface area contributed by atoms with Gasteiger partial charge in [0, 0.05) is 5.56 Å².